The van der Waals surface area contributed by atoms with Crippen LogP contribution in [0.1, 0.15) is 24.9 Å². The van der Waals surface area contributed by atoms with Gasteiger partial charge in [-0.05, 0) is 37.4 Å². The zero-order valence-corrected chi connectivity index (χ0v) is 11.8. The van der Waals surface area contributed by atoms with Crippen LogP contribution in [0.4, 0.5) is 0 Å². The van der Waals surface area contributed by atoms with Crippen molar-refractivity contribution in [2.75, 3.05) is 25.6 Å². The highest BCUT2D eigenvalue weighted by Gasteiger charge is 2.22. The first kappa shape index (κ1) is 14.5. The fourth-order valence-electron chi connectivity index (χ4n) is 1.99. The van der Waals surface area contributed by atoms with Crippen LogP contribution in [-0.2, 0) is 0 Å². The van der Waals surface area contributed by atoms with E-state index in [9.17, 15) is 0 Å². The van der Waals surface area contributed by atoms with Gasteiger partial charge in [-0.1, -0.05) is 6.92 Å². The fourth-order valence-corrected chi connectivity index (χ4v) is 2.46. The van der Waals surface area contributed by atoms with E-state index in [1.807, 2.05) is 24.2 Å². The molecule has 0 fully saturated rings. The molecule has 3 nitrogen and oxygen atoms in total. The van der Waals surface area contributed by atoms with Gasteiger partial charge < -0.3 is 5.73 Å². The molecular weight excluding hydrogens is 230 g/mol. The Morgan fingerprint density at radius 3 is 2.59 bits per heavy atom. The molecule has 2 unspecified atom stereocenters. The molecule has 2 N–H and O–H groups in total. The summed E-state index contributed by atoms with van der Waals surface area (Å²) in [6, 6.07) is 4.59. The third-order valence-corrected chi connectivity index (χ3v) is 3.64. The average molecular weight is 253 g/mol. The van der Waals surface area contributed by atoms with E-state index in [-0.39, 0.29) is 12.1 Å². The highest BCUT2D eigenvalue weighted by molar-refractivity contribution is 7.98. The van der Waals surface area contributed by atoms with Gasteiger partial charge in [-0.15, -0.1) is 0 Å². The van der Waals surface area contributed by atoms with Gasteiger partial charge in [0.2, 0.25) is 0 Å². The molecule has 1 heterocycles. The van der Waals surface area contributed by atoms with Crippen molar-refractivity contribution in [3.05, 3.63) is 30.1 Å². The van der Waals surface area contributed by atoms with Gasteiger partial charge in [0.25, 0.3) is 0 Å². The van der Waals surface area contributed by atoms with E-state index in [0.29, 0.717) is 0 Å². The van der Waals surface area contributed by atoms with Crippen molar-refractivity contribution in [3.63, 3.8) is 0 Å². The second-order valence-corrected chi connectivity index (χ2v) is 5.26. The minimum absolute atomic E-state index is 0.171. The lowest BCUT2D eigenvalue weighted by Crippen LogP contribution is -2.39. The van der Waals surface area contributed by atoms with Crippen molar-refractivity contribution in [1.29, 1.82) is 0 Å². The number of nitrogens with zero attached hydrogens (tertiary/aromatic N) is 2. The SMILES string of the molecule is CCC(N)C(c1ccncc1)N(C)CCSC. The van der Waals surface area contributed by atoms with E-state index in [1.54, 1.807) is 0 Å². The number of aromatic nitrogens is 1. The predicted octanol–water partition coefficient (Wildman–Crippen LogP) is 2.15. The van der Waals surface area contributed by atoms with E-state index in [2.05, 4.69) is 42.2 Å². The second-order valence-electron chi connectivity index (χ2n) is 4.27. The van der Waals surface area contributed by atoms with Crippen LogP contribution in [0.5, 0.6) is 0 Å². The quantitative estimate of drug-likeness (QED) is 0.808. The summed E-state index contributed by atoms with van der Waals surface area (Å²) in [5.74, 6) is 1.13. The minimum atomic E-state index is 0.171. The van der Waals surface area contributed by atoms with E-state index in [1.165, 1.54) is 5.56 Å². The fraction of sp³-hybridized carbons (Fsp3) is 0.615. The van der Waals surface area contributed by atoms with Crippen molar-refractivity contribution >= 4 is 11.8 Å². The number of likely N-dealkylation sites (N-methyl/N-ethyl adjacent to an activating group) is 1. The third-order valence-electron chi connectivity index (χ3n) is 3.05. The highest BCUT2D eigenvalue weighted by atomic mass is 32.2. The maximum atomic E-state index is 6.25. The average Bonchev–Trinajstić information content (AvgIpc) is 2.37. The van der Waals surface area contributed by atoms with Gasteiger partial charge in [0, 0.05) is 36.8 Å². The van der Waals surface area contributed by atoms with Gasteiger partial charge in [0.05, 0.1) is 0 Å². The van der Waals surface area contributed by atoms with Gasteiger partial charge in [-0.3, -0.25) is 9.88 Å². The molecule has 0 aliphatic rings. The molecule has 2 atom stereocenters. The van der Waals surface area contributed by atoms with Gasteiger partial charge in [-0.2, -0.15) is 11.8 Å². The van der Waals surface area contributed by atoms with E-state index in [4.69, 9.17) is 5.73 Å². The van der Waals surface area contributed by atoms with Crippen molar-refractivity contribution in [3.8, 4) is 0 Å². The highest BCUT2D eigenvalue weighted by Crippen LogP contribution is 2.23. The normalized spacial score (nSPS) is 14.9. The molecule has 96 valence electrons. The summed E-state index contributed by atoms with van der Waals surface area (Å²) in [5, 5.41) is 0. The molecule has 0 aromatic carbocycles. The van der Waals surface area contributed by atoms with Crippen LogP contribution in [-0.4, -0.2) is 41.5 Å². The minimum Gasteiger partial charge on any atom is -0.326 e. The molecule has 0 aliphatic heterocycles. The van der Waals surface area contributed by atoms with Gasteiger partial charge in [0.1, 0.15) is 0 Å². The second kappa shape index (κ2) is 7.69. The molecule has 0 amide bonds. The molecule has 0 spiro atoms. The standard InChI is InChI=1S/C13H23N3S/c1-4-12(14)13(16(2)9-10-17-3)11-5-7-15-8-6-11/h5-8,12-13H,4,9-10,14H2,1-3H3. The first-order valence-corrected chi connectivity index (χ1v) is 7.44. The van der Waals surface area contributed by atoms with Crippen LogP contribution in [0.2, 0.25) is 0 Å². The first-order valence-electron chi connectivity index (χ1n) is 6.05. The molecule has 17 heavy (non-hydrogen) atoms. The Morgan fingerprint density at radius 1 is 1.41 bits per heavy atom. The Labute approximate surface area is 109 Å². The summed E-state index contributed by atoms with van der Waals surface area (Å²) in [6.45, 7) is 3.20. The van der Waals surface area contributed by atoms with Crippen molar-refractivity contribution in [1.82, 2.24) is 9.88 Å². The number of pyridine rings is 1. The zero-order chi connectivity index (χ0) is 12.7. The summed E-state index contributed by atoms with van der Waals surface area (Å²) >= 11 is 1.87. The van der Waals surface area contributed by atoms with E-state index >= 15 is 0 Å². The van der Waals surface area contributed by atoms with E-state index < -0.39 is 0 Å². The summed E-state index contributed by atoms with van der Waals surface area (Å²) < 4.78 is 0. The molecule has 0 saturated heterocycles. The maximum absolute atomic E-state index is 6.25. The zero-order valence-electron chi connectivity index (χ0n) is 11.0. The Bertz CT molecular complexity index is 305. The van der Waals surface area contributed by atoms with Crippen molar-refractivity contribution in [2.45, 2.75) is 25.4 Å². The lowest BCUT2D eigenvalue weighted by atomic mass is 9.98. The Balaban J connectivity index is 2.80. The molecule has 1 aromatic rings. The molecule has 4 heteroatoms. The van der Waals surface area contributed by atoms with Gasteiger partial charge >= 0.3 is 0 Å². The summed E-state index contributed by atoms with van der Waals surface area (Å²) in [7, 11) is 2.15. The monoisotopic (exact) mass is 253 g/mol. The molecule has 0 saturated carbocycles. The Kier molecular flexibility index (Phi) is 6.55. The molecule has 0 radical (unpaired) electrons. The summed E-state index contributed by atoms with van der Waals surface area (Å²) in [5.41, 5.74) is 7.51. The number of rotatable bonds is 7. The molecule has 0 aliphatic carbocycles. The van der Waals surface area contributed by atoms with Crippen LogP contribution in [0.3, 0.4) is 0 Å². The molecular formula is C13H23N3S. The molecule has 1 aromatic heterocycles. The lowest BCUT2D eigenvalue weighted by Gasteiger charge is -2.32. The number of hydrogen-bond donors (Lipinski definition) is 1. The van der Waals surface area contributed by atoms with Crippen molar-refractivity contribution in [2.24, 2.45) is 5.73 Å². The molecule has 0 bridgehead atoms. The Morgan fingerprint density at radius 2 is 2.06 bits per heavy atom. The van der Waals surface area contributed by atoms with Crippen LogP contribution < -0.4 is 5.73 Å². The van der Waals surface area contributed by atoms with Gasteiger partial charge in [-0.25, -0.2) is 0 Å². The molecule has 1 rings (SSSR count). The number of nitrogens with two attached hydrogens (primary N) is 1. The smallest absolute Gasteiger partial charge is 0.0497 e. The lowest BCUT2D eigenvalue weighted by molar-refractivity contribution is 0.221. The van der Waals surface area contributed by atoms with Crippen LogP contribution in [0.25, 0.3) is 0 Å². The van der Waals surface area contributed by atoms with E-state index in [0.717, 1.165) is 18.7 Å². The van der Waals surface area contributed by atoms with Crippen molar-refractivity contribution < 1.29 is 0 Å². The third kappa shape index (κ3) is 4.30. The first-order chi connectivity index (χ1) is 8.20. The number of hydrogen-bond acceptors (Lipinski definition) is 4. The Hall–Kier alpha value is -0.580. The summed E-state index contributed by atoms with van der Waals surface area (Å²) in [4.78, 5) is 6.42. The number of thioether (sulfide) groups is 1. The van der Waals surface area contributed by atoms with Gasteiger partial charge in [0.15, 0.2) is 0 Å². The maximum Gasteiger partial charge on any atom is 0.0497 e. The topological polar surface area (TPSA) is 42.1 Å². The van der Waals surface area contributed by atoms with Crippen LogP contribution >= 0.6 is 11.8 Å². The predicted molar refractivity (Wildman–Crippen MR) is 76.3 cm³/mol. The van der Waals surface area contributed by atoms with Crippen LogP contribution in [0, 0.1) is 0 Å². The largest absolute Gasteiger partial charge is 0.326 e. The van der Waals surface area contributed by atoms with Crippen LogP contribution in [0.15, 0.2) is 24.5 Å². The summed E-state index contributed by atoms with van der Waals surface area (Å²) in [6.07, 6.45) is 6.80.